The third-order valence-corrected chi connectivity index (χ3v) is 5.99. The molecule has 0 aromatic heterocycles. The van der Waals surface area contributed by atoms with Crippen LogP contribution >= 0.6 is 0 Å². The summed E-state index contributed by atoms with van der Waals surface area (Å²) in [4.78, 5) is 12.5. The molecule has 2 aromatic carbocycles. The van der Waals surface area contributed by atoms with E-state index < -0.39 is 10.0 Å². The van der Waals surface area contributed by atoms with Crippen LogP contribution in [0.5, 0.6) is 5.75 Å². The van der Waals surface area contributed by atoms with Gasteiger partial charge >= 0.3 is 0 Å². The number of amides is 1. The Kier molecular flexibility index (Phi) is 8.22. The van der Waals surface area contributed by atoms with Crippen molar-refractivity contribution in [2.45, 2.75) is 44.6 Å². The Morgan fingerprint density at radius 2 is 1.62 bits per heavy atom. The molecule has 0 radical (unpaired) electrons. The quantitative estimate of drug-likeness (QED) is 0.619. The molecule has 1 amide bonds. The lowest BCUT2D eigenvalue weighted by Crippen LogP contribution is -2.27. The number of rotatable bonds is 10. The van der Waals surface area contributed by atoms with Gasteiger partial charge in [0, 0.05) is 13.0 Å². The fourth-order valence-electron chi connectivity index (χ4n) is 2.74. The number of sulfonamides is 1. The summed E-state index contributed by atoms with van der Waals surface area (Å²) < 4.78 is 32.2. The molecular weight excluding hydrogens is 388 g/mol. The van der Waals surface area contributed by atoms with Gasteiger partial charge in [-0.1, -0.05) is 38.1 Å². The van der Waals surface area contributed by atoms with Crippen molar-refractivity contribution in [3.63, 3.8) is 0 Å². The second-order valence-corrected chi connectivity index (χ2v) is 9.22. The molecule has 0 aliphatic heterocycles. The van der Waals surface area contributed by atoms with Gasteiger partial charge in [0.15, 0.2) is 0 Å². The zero-order chi connectivity index (χ0) is 21.4. The zero-order valence-electron chi connectivity index (χ0n) is 17.4. The molecular formula is C22H30N2O4S. The number of carbonyl (C=O) groups is 1. The molecule has 7 heteroatoms. The van der Waals surface area contributed by atoms with Crippen molar-refractivity contribution in [1.82, 2.24) is 10.0 Å². The van der Waals surface area contributed by atoms with E-state index in [0.29, 0.717) is 19.4 Å². The van der Waals surface area contributed by atoms with Crippen molar-refractivity contribution in [2.75, 3.05) is 13.7 Å². The molecule has 0 fully saturated rings. The summed E-state index contributed by atoms with van der Waals surface area (Å²) in [5.74, 6) is 0.962. The number of ether oxygens (including phenoxy) is 1. The first-order chi connectivity index (χ1) is 13.7. The van der Waals surface area contributed by atoms with Gasteiger partial charge in [0.05, 0.1) is 18.0 Å². The van der Waals surface area contributed by atoms with Gasteiger partial charge in [0.25, 0.3) is 0 Å². The number of benzene rings is 2. The number of methoxy groups -OCH3 is 1. The van der Waals surface area contributed by atoms with Crippen molar-refractivity contribution in [1.29, 1.82) is 0 Å². The van der Waals surface area contributed by atoms with E-state index in [9.17, 15) is 13.2 Å². The Bertz CT molecular complexity index is 891. The third kappa shape index (κ3) is 7.18. The van der Waals surface area contributed by atoms with Crippen molar-refractivity contribution < 1.29 is 17.9 Å². The highest BCUT2D eigenvalue weighted by Gasteiger charge is 2.14. The average molecular weight is 419 g/mol. The summed E-state index contributed by atoms with van der Waals surface area (Å²) in [6.45, 7) is 6.23. The van der Waals surface area contributed by atoms with Crippen LogP contribution in [0.3, 0.4) is 0 Å². The van der Waals surface area contributed by atoms with Gasteiger partial charge in [0.1, 0.15) is 5.75 Å². The minimum atomic E-state index is -3.49. The van der Waals surface area contributed by atoms with Crippen LogP contribution in [0.15, 0.2) is 53.4 Å². The van der Waals surface area contributed by atoms with Crippen LogP contribution in [-0.2, 0) is 21.2 Å². The maximum Gasteiger partial charge on any atom is 0.240 e. The van der Waals surface area contributed by atoms with E-state index >= 15 is 0 Å². The smallest absolute Gasteiger partial charge is 0.240 e. The summed E-state index contributed by atoms with van der Waals surface area (Å²) >= 11 is 0. The zero-order valence-corrected chi connectivity index (χ0v) is 18.3. The molecule has 0 aliphatic rings. The van der Waals surface area contributed by atoms with Crippen LogP contribution in [0.2, 0.25) is 0 Å². The van der Waals surface area contributed by atoms with E-state index in [4.69, 9.17) is 4.74 Å². The van der Waals surface area contributed by atoms with Gasteiger partial charge < -0.3 is 10.1 Å². The molecule has 1 atom stereocenters. The maximum absolute atomic E-state index is 12.3. The van der Waals surface area contributed by atoms with Crippen LogP contribution in [-0.4, -0.2) is 28.0 Å². The molecule has 0 aliphatic carbocycles. The topological polar surface area (TPSA) is 84.5 Å². The molecule has 6 nitrogen and oxygen atoms in total. The minimum absolute atomic E-state index is 0.0522. The second kappa shape index (κ2) is 10.4. The number of aryl methyl sites for hydroxylation is 1. The predicted molar refractivity (Wildman–Crippen MR) is 114 cm³/mol. The van der Waals surface area contributed by atoms with E-state index in [1.54, 1.807) is 31.4 Å². The van der Waals surface area contributed by atoms with E-state index in [2.05, 4.69) is 10.0 Å². The highest BCUT2D eigenvalue weighted by Crippen LogP contribution is 2.18. The van der Waals surface area contributed by atoms with Crippen LogP contribution < -0.4 is 14.8 Å². The van der Waals surface area contributed by atoms with Gasteiger partial charge in [-0.3, -0.25) is 4.79 Å². The van der Waals surface area contributed by atoms with Crippen molar-refractivity contribution >= 4 is 15.9 Å². The average Bonchev–Trinajstić information content (AvgIpc) is 2.71. The molecule has 0 bridgehead atoms. The first-order valence-corrected chi connectivity index (χ1v) is 11.2. The molecule has 29 heavy (non-hydrogen) atoms. The summed E-state index contributed by atoms with van der Waals surface area (Å²) in [7, 11) is -1.88. The van der Waals surface area contributed by atoms with Gasteiger partial charge in [-0.2, -0.15) is 0 Å². The van der Waals surface area contributed by atoms with Crippen molar-refractivity contribution in [3.05, 3.63) is 59.7 Å². The highest BCUT2D eigenvalue weighted by molar-refractivity contribution is 7.89. The third-order valence-electron chi connectivity index (χ3n) is 4.55. The summed E-state index contributed by atoms with van der Waals surface area (Å²) in [5.41, 5.74) is 1.92. The molecule has 158 valence electrons. The van der Waals surface area contributed by atoms with E-state index in [1.807, 2.05) is 45.0 Å². The Hall–Kier alpha value is -2.38. The van der Waals surface area contributed by atoms with E-state index in [0.717, 1.165) is 16.9 Å². The molecule has 2 aromatic rings. The summed E-state index contributed by atoms with van der Waals surface area (Å²) in [5, 5.41) is 2.98. The molecule has 2 rings (SSSR count). The lowest BCUT2D eigenvalue weighted by Gasteiger charge is -2.15. The predicted octanol–water partition coefficient (Wildman–Crippen LogP) is 3.44. The molecule has 0 saturated carbocycles. The Morgan fingerprint density at radius 3 is 2.17 bits per heavy atom. The standard InChI is InChI=1S/C22H30N2O4S/c1-16(2)15-23-29(26,27)21-12-5-18(6-13-21)7-14-22(25)24-17(3)19-8-10-20(28-4)11-9-19/h5-6,8-13,16-17,23H,7,14-15H2,1-4H3,(H,24,25)/t17-/m1/s1. The fraction of sp³-hybridized carbons (Fsp3) is 0.409. The molecule has 0 saturated heterocycles. The van der Waals surface area contributed by atoms with Gasteiger partial charge in [-0.25, -0.2) is 13.1 Å². The second-order valence-electron chi connectivity index (χ2n) is 7.45. The minimum Gasteiger partial charge on any atom is -0.497 e. The van der Waals surface area contributed by atoms with Crippen LogP contribution in [0.25, 0.3) is 0 Å². The van der Waals surface area contributed by atoms with E-state index in [-0.39, 0.29) is 22.8 Å². The number of carbonyl (C=O) groups excluding carboxylic acids is 1. The van der Waals surface area contributed by atoms with Gasteiger partial charge in [0.2, 0.25) is 15.9 Å². The highest BCUT2D eigenvalue weighted by atomic mass is 32.2. The Morgan fingerprint density at radius 1 is 1.00 bits per heavy atom. The van der Waals surface area contributed by atoms with Gasteiger partial charge in [-0.15, -0.1) is 0 Å². The number of hydrogen-bond acceptors (Lipinski definition) is 4. The van der Waals surface area contributed by atoms with Crippen molar-refractivity contribution in [2.24, 2.45) is 5.92 Å². The Balaban J connectivity index is 1.86. The van der Waals surface area contributed by atoms with Gasteiger partial charge in [-0.05, 0) is 54.7 Å². The monoisotopic (exact) mass is 418 g/mol. The molecule has 0 heterocycles. The first kappa shape index (κ1) is 22.9. The maximum atomic E-state index is 12.3. The molecule has 0 spiro atoms. The van der Waals surface area contributed by atoms with Crippen LogP contribution in [0.4, 0.5) is 0 Å². The largest absolute Gasteiger partial charge is 0.497 e. The summed E-state index contributed by atoms with van der Waals surface area (Å²) in [6, 6.07) is 14.1. The molecule has 2 N–H and O–H groups in total. The first-order valence-electron chi connectivity index (χ1n) is 9.73. The number of nitrogens with one attached hydrogen (secondary N) is 2. The number of hydrogen-bond donors (Lipinski definition) is 2. The lowest BCUT2D eigenvalue weighted by molar-refractivity contribution is -0.121. The van der Waals surface area contributed by atoms with E-state index in [1.165, 1.54) is 0 Å². The van der Waals surface area contributed by atoms with Crippen LogP contribution in [0, 0.1) is 5.92 Å². The lowest BCUT2D eigenvalue weighted by atomic mass is 10.1. The normalized spacial score (nSPS) is 12.6. The van der Waals surface area contributed by atoms with Crippen LogP contribution in [0.1, 0.15) is 44.4 Å². The Labute approximate surface area is 173 Å². The summed E-state index contributed by atoms with van der Waals surface area (Å²) in [6.07, 6.45) is 0.874. The fourth-order valence-corrected chi connectivity index (χ4v) is 3.96. The SMILES string of the molecule is COc1ccc([C@@H](C)NC(=O)CCc2ccc(S(=O)(=O)NCC(C)C)cc2)cc1. The molecule has 0 unspecified atom stereocenters. The van der Waals surface area contributed by atoms with Crippen molar-refractivity contribution in [3.8, 4) is 5.75 Å².